The number of hydrogen-bond acceptors (Lipinski definition) is 7. The molecule has 3 rings (SSSR count). The Morgan fingerprint density at radius 2 is 2.04 bits per heavy atom. The first kappa shape index (κ1) is 16.6. The zero-order valence-corrected chi connectivity index (χ0v) is 14.7. The van der Waals surface area contributed by atoms with Gasteiger partial charge in [0.05, 0.1) is 13.7 Å². The Balaban J connectivity index is 1.76. The highest BCUT2D eigenvalue weighted by Crippen LogP contribution is 2.34. The number of aromatic nitrogens is 3. The predicted molar refractivity (Wildman–Crippen MR) is 92.0 cm³/mol. The molecule has 24 heavy (non-hydrogen) atoms. The van der Waals surface area contributed by atoms with Crippen molar-refractivity contribution in [2.45, 2.75) is 30.8 Å². The number of carbonyl (C=O) groups excluding carboxylic acids is 1. The second-order valence-corrected chi connectivity index (χ2v) is 6.60. The van der Waals surface area contributed by atoms with Crippen molar-refractivity contribution < 1.29 is 14.3 Å². The Kier molecular flexibility index (Phi) is 4.94. The number of fused-ring (bicyclic) bond motifs is 1. The molecule has 1 aliphatic rings. The molecule has 0 saturated heterocycles. The molecule has 0 fully saturated rings. The number of anilines is 2. The summed E-state index contributed by atoms with van der Waals surface area (Å²) >= 11 is 1.38. The molecule has 0 spiro atoms. The van der Waals surface area contributed by atoms with Gasteiger partial charge in [0, 0.05) is 18.8 Å². The minimum atomic E-state index is -0.312. The number of nitrogens with zero attached hydrogens (tertiary/aromatic N) is 4. The Morgan fingerprint density at radius 3 is 2.71 bits per heavy atom. The molecule has 1 aromatic carbocycles. The molecule has 128 valence electrons. The van der Waals surface area contributed by atoms with E-state index in [1.165, 1.54) is 11.8 Å². The Bertz CT molecular complexity index is 717. The number of ether oxygens (including phenoxy) is 2. The van der Waals surface area contributed by atoms with Crippen LogP contribution in [0.3, 0.4) is 0 Å². The lowest BCUT2D eigenvalue weighted by molar-refractivity contribution is -0.142. The van der Waals surface area contributed by atoms with E-state index < -0.39 is 0 Å². The molecule has 0 bridgehead atoms. The standard InChI is InChI=1S/C16H20N4O3S/c1-4-23-14(21)11(2)24-16-18-17-15-19(9-10-20(15)16)12-5-7-13(22-3)8-6-12/h5-8,11H,4,9-10H2,1-3H3. The van der Waals surface area contributed by atoms with Gasteiger partial charge in [-0.3, -0.25) is 9.36 Å². The molecule has 1 unspecified atom stereocenters. The van der Waals surface area contributed by atoms with Crippen LogP contribution in [0.25, 0.3) is 0 Å². The normalized spacial score (nSPS) is 14.4. The molecular formula is C16H20N4O3S. The van der Waals surface area contributed by atoms with Crippen LogP contribution in [-0.4, -0.2) is 46.2 Å². The lowest BCUT2D eigenvalue weighted by Gasteiger charge is -2.15. The van der Waals surface area contributed by atoms with Gasteiger partial charge in [0.2, 0.25) is 5.95 Å². The van der Waals surface area contributed by atoms with E-state index in [1.54, 1.807) is 14.0 Å². The van der Waals surface area contributed by atoms with Gasteiger partial charge in [0.1, 0.15) is 11.0 Å². The van der Waals surface area contributed by atoms with E-state index in [-0.39, 0.29) is 11.2 Å². The summed E-state index contributed by atoms with van der Waals surface area (Å²) in [6.07, 6.45) is 0. The maximum absolute atomic E-state index is 11.8. The van der Waals surface area contributed by atoms with Crippen LogP contribution in [-0.2, 0) is 16.1 Å². The van der Waals surface area contributed by atoms with Crippen LogP contribution >= 0.6 is 11.8 Å². The smallest absolute Gasteiger partial charge is 0.319 e. The second kappa shape index (κ2) is 7.12. The number of thioether (sulfide) groups is 1. The molecule has 0 radical (unpaired) electrons. The predicted octanol–water partition coefficient (Wildman–Crippen LogP) is 2.48. The third-order valence-corrected chi connectivity index (χ3v) is 4.83. The van der Waals surface area contributed by atoms with Crippen LogP contribution in [0.4, 0.5) is 11.6 Å². The average Bonchev–Trinajstić information content (AvgIpc) is 3.18. The fourth-order valence-electron chi connectivity index (χ4n) is 2.54. The molecule has 1 aliphatic heterocycles. The molecule has 0 N–H and O–H groups in total. The van der Waals surface area contributed by atoms with Crippen molar-refractivity contribution in [3.63, 3.8) is 0 Å². The van der Waals surface area contributed by atoms with Crippen molar-refractivity contribution in [1.82, 2.24) is 14.8 Å². The molecule has 7 nitrogen and oxygen atoms in total. The van der Waals surface area contributed by atoms with Gasteiger partial charge in [-0.15, -0.1) is 10.2 Å². The minimum Gasteiger partial charge on any atom is -0.497 e. The number of hydrogen-bond donors (Lipinski definition) is 0. The molecule has 0 saturated carbocycles. The highest BCUT2D eigenvalue weighted by molar-refractivity contribution is 8.00. The topological polar surface area (TPSA) is 69.5 Å². The van der Waals surface area contributed by atoms with Crippen molar-refractivity contribution in [2.75, 3.05) is 25.2 Å². The van der Waals surface area contributed by atoms with Gasteiger partial charge in [-0.25, -0.2) is 0 Å². The first-order chi connectivity index (χ1) is 11.6. The van der Waals surface area contributed by atoms with E-state index in [0.717, 1.165) is 35.6 Å². The van der Waals surface area contributed by atoms with Crippen LogP contribution in [0.15, 0.2) is 29.4 Å². The summed E-state index contributed by atoms with van der Waals surface area (Å²) < 4.78 is 12.3. The average molecular weight is 348 g/mol. The third kappa shape index (κ3) is 3.19. The van der Waals surface area contributed by atoms with Crippen molar-refractivity contribution in [3.05, 3.63) is 24.3 Å². The molecule has 0 amide bonds. The quantitative estimate of drug-likeness (QED) is 0.587. The molecule has 0 aliphatic carbocycles. The number of methoxy groups -OCH3 is 1. The van der Waals surface area contributed by atoms with Crippen molar-refractivity contribution in [1.29, 1.82) is 0 Å². The largest absolute Gasteiger partial charge is 0.497 e. The summed E-state index contributed by atoms with van der Waals surface area (Å²) in [6, 6.07) is 7.84. The Morgan fingerprint density at radius 1 is 1.29 bits per heavy atom. The van der Waals surface area contributed by atoms with Crippen molar-refractivity contribution >= 4 is 29.4 Å². The van der Waals surface area contributed by atoms with Crippen LogP contribution in [0.1, 0.15) is 13.8 Å². The molecule has 2 aromatic rings. The maximum atomic E-state index is 11.8. The first-order valence-electron chi connectivity index (χ1n) is 7.82. The minimum absolute atomic E-state index is 0.232. The summed E-state index contributed by atoms with van der Waals surface area (Å²) in [5.74, 6) is 1.38. The third-order valence-electron chi connectivity index (χ3n) is 3.77. The summed E-state index contributed by atoms with van der Waals surface area (Å²) in [5.41, 5.74) is 1.04. The van der Waals surface area contributed by atoms with Gasteiger partial charge in [0.15, 0.2) is 5.16 Å². The maximum Gasteiger partial charge on any atom is 0.319 e. The Labute approximate surface area is 145 Å². The van der Waals surface area contributed by atoms with E-state index in [1.807, 2.05) is 35.8 Å². The lowest BCUT2D eigenvalue weighted by Crippen LogP contribution is -2.17. The van der Waals surface area contributed by atoms with Gasteiger partial charge >= 0.3 is 5.97 Å². The SMILES string of the molecule is CCOC(=O)C(C)Sc1nnc2n1CCN2c1ccc(OC)cc1. The van der Waals surface area contributed by atoms with E-state index >= 15 is 0 Å². The highest BCUT2D eigenvalue weighted by atomic mass is 32.2. The molecule has 8 heteroatoms. The number of carbonyl (C=O) groups is 1. The van der Waals surface area contributed by atoms with Crippen LogP contribution in [0.5, 0.6) is 5.75 Å². The Hall–Kier alpha value is -2.22. The monoisotopic (exact) mass is 348 g/mol. The zero-order valence-electron chi connectivity index (χ0n) is 13.9. The molecule has 2 heterocycles. The van der Waals surface area contributed by atoms with E-state index in [9.17, 15) is 4.79 Å². The van der Waals surface area contributed by atoms with Crippen LogP contribution < -0.4 is 9.64 Å². The summed E-state index contributed by atoms with van der Waals surface area (Å²) in [5, 5.41) is 8.95. The molecule has 1 aromatic heterocycles. The van der Waals surface area contributed by atoms with Crippen LogP contribution in [0, 0.1) is 0 Å². The van der Waals surface area contributed by atoms with E-state index in [0.29, 0.717) is 6.61 Å². The first-order valence-corrected chi connectivity index (χ1v) is 8.70. The second-order valence-electron chi connectivity index (χ2n) is 5.30. The van der Waals surface area contributed by atoms with E-state index in [2.05, 4.69) is 15.1 Å². The van der Waals surface area contributed by atoms with Gasteiger partial charge < -0.3 is 14.4 Å². The zero-order chi connectivity index (χ0) is 17.1. The fraction of sp³-hybridized carbons (Fsp3) is 0.438. The van der Waals surface area contributed by atoms with Crippen LogP contribution in [0.2, 0.25) is 0 Å². The van der Waals surface area contributed by atoms with Gasteiger partial charge in [0.25, 0.3) is 0 Å². The van der Waals surface area contributed by atoms with Gasteiger partial charge in [-0.2, -0.15) is 0 Å². The number of benzene rings is 1. The molecule has 1 atom stereocenters. The van der Waals surface area contributed by atoms with E-state index in [4.69, 9.17) is 9.47 Å². The molecular weight excluding hydrogens is 328 g/mol. The summed E-state index contributed by atoms with van der Waals surface area (Å²) in [4.78, 5) is 13.9. The number of esters is 1. The summed E-state index contributed by atoms with van der Waals surface area (Å²) in [7, 11) is 1.65. The van der Waals surface area contributed by atoms with Crippen molar-refractivity contribution in [3.8, 4) is 5.75 Å². The van der Waals surface area contributed by atoms with Gasteiger partial charge in [-0.05, 0) is 38.1 Å². The summed E-state index contributed by atoms with van der Waals surface area (Å²) in [6.45, 7) is 5.61. The van der Waals surface area contributed by atoms with Crippen molar-refractivity contribution in [2.24, 2.45) is 0 Å². The fourth-order valence-corrected chi connectivity index (χ4v) is 3.40. The van der Waals surface area contributed by atoms with Gasteiger partial charge in [-0.1, -0.05) is 11.8 Å². The lowest BCUT2D eigenvalue weighted by atomic mass is 10.3. The number of rotatable bonds is 6. The highest BCUT2D eigenvalue weighted by Gasteiger charge is 2.28.